The highest BCUT2D eigenvalue weighted by molar-refractivity contribution is 7.89. The first kappa shape index (κ1) is 14.3. The summed E-state index contributed by atoms with van der Waals surface area (Å²) in [5.41, 5.74) is 0.485. The van der Waals surface area contributed by atoms with Gasteiger partial charge in [-0.15, -0.1) is 0 Å². The van der Waals surface area contributed by atoms with Crippen LogP contribution in [0.5, 0.6) is 5.75 Å². The van der Waals surface area contributed by atoms with E-state index in [-0.39, 0.29) is 4.90 Å². The minimum atomic E-state index is -3.70. The average Bonchev–Trinajstić information content (AvgIpc) is 2.26. The van der Waals surface area contributed by atoms with Crippen molar-refractivity contribution in [2.75, 3.05) is 13.2 Å². The fourth-order valence-corrected chi connectivity index (χ4v) is 3.33. The van der Waals surface area contributed by atoms with Crippen LogP contribution in [-0.4, -0.2) is 21.6 Å². The molecule has 6 heteroatoms. The lowest BCUT2D eigenvalue weighted by Gasteiger charge is -2.19. The molecule has 0 saturated carbocycles. The predicted octanol–water partition coefficient (Wildman–Crippen LogP) is 2.08. The zero-order valence-electron chi connectivity index (χ0n) is 11.1. The topological polar surface area (TPSA) is 55.4 Å². The number of ether oxygens (including phenoxy) is 1. The molecule has 0 saturated heterocycles. The van der Waals surface area contributed by atoms with E-state index in [0.29, 0.717) is 36.8 Å². The highest BCUT2D eigenvalue weighted by Crippen LogP contribution is 2.28. The van der Waals surface area contributed by atoms with Gasteiger partial charge >= 0.3 is 0 Å². The van der Waals surface area contributed by atoms with E-state index in [0.717, 1.165) is 12.5 Å². The standard InChI is InChI=1S/C13H18FNO3S/c1-9(2)4-6-18-11-7-10-3-5-15-19(16,17)13(10)12(14)8-11/h7-9,15H,3-6H2,1-2H3. The normalized spacial score (nSPS) is 17.3. The summed E-state index contributed by atoms with van der Waals surface area (Å²) in [6.07, 6.45) is 1.35. The maximum Gasteiger partial charge on any atom is 0.243 e. The quantitative estimate of drug-likeness (QED) is 0.922. The Bertz CT molecular complexity index is 569. The molecule has 0 atom stereocenters. The van der Waals surface area contributed by atoms with Crippen LogP contribution in [0.4, 0.5) is 4.39 Å². The summed E-state index contributed by atoms with van der Waals surface area (Å²) >= 11 is 0. The van der Waals surface area contributed by atoms with E-state index >= 15 is 0 Å². The Hall–Kier alpha value is -1.14. The van der Waals surface area contributed by atoms with Gasteiger partial charge in [-0.25, -0.2) is 17.5 Å². The molecule has 1 aliphatic heterocycles. The van der Waals surface area contributed by atoms with Gasteiger partial charge in [-0.1, -0.05) is 13.8 Å². The third-order valence-electron chi connectivity index (χ3n) is 3.01. The zero-order valence-corrected chi connectivity index (χ0v) is 11.9. The van der Waals surface area contributed by atoms with E-state index in [1.165, 1.54) is 0 Å². The maximum atomic E-state index is 13.9. The summed E-state index contributed by atoms with van der Waals surface area (Å²) in [6, 6.07) is 2.76. The zero-order chi connectivity index (χ0) is 14.0. The minimum absolute atomic E-state index is 0.241. The van der Waals surface area contributed by atoms with Crippen molar-refractivity contribution in [1.82, 2.24) is 4.72 Å². The molecule has 1 aliphatic rings. The van der Waals surface area contributed by atoms with Gasteiger partial charge in [0.15, 0.2) is 0 Å². The van der Waals surface area contributed by atoms with E-state index < -0.39 is 15.8 Å². The first-order chi connectivity index (χ1) is 8.90. The Kier molecular flexibility index (Phi) is 4.10. The lowest BCUT2D eigenvalue weighted by molar-refractivity contribution is 0.287. The van der Waals surface area contributed by atoms with E-state index in [1.54, 1.807) is 6.07 Å². The van der Waals surface area contributed by atoms with E-state index in [4.69, 9.17) is 4.74 Å². The van der Waals surface area contributed by atoms with Crippen LogP contribution in [0.3, 0.4) is 0 Å². The molecule has 0 bridgehead atoms. The van der Waals surface area contributed by atoms with Crippen LogP contribution >= 0.6 is 0 Å². The fraction of sp³-hybridized carbons (Fsp3) is 0.538. The SMILES string of the molecule is CC(C)CCOc1cc(F)c2c(c1)CCNS2(=O)=O. The Balaban J connectivity index is 2.24. The summed E-state index contributed by atoms with van der Waals surface area (Å²) in [5, 5.41) is 0. The molecule has 19 heavy (non-hydrogen) atoms. The van der Waals surface area contributed by atoms with Crippen LogP contribution in [0.2, 0.25) is 0 Å². The van der Waals surface area contributed by atoms with E-state index in [2.05, 4.69) is 18.6 Å². The number of rotatable bonds is 4. The summed E-state index contributed by atoms with van der Waals surface area (Å²) < 4.78 is 45.1. The van der Waals surface area contributed by atoms with Crippen molar-refractivity contribution in [2.45, 2.75) is 31.6 Å². The first-order valence-electron chi connectivity index (χ1n) is 6.35. The average molecular weight is 287 g/mol. The molecule has 1 N–H and O–H groups in total. The molecule has 0 aromatic heterocycles. The highest BCUT2D eigenvalue weighted by Gasteiger charge is 2.27. The van der Waals surface area contributed by atoms with Crippen LogP contribution in [0.1, 0.15) is 25.8 Å². The Morgan fingerprint density at radius 1 is 1.42 bits per heavy atom. The van der Waals surface area contributed by atoms with Gasteiger partial charge in [-0.3, -0.25) is 0 Å². The number of benzene rings is 1. The molecule has 1 heterocycles. The molecule has 1 aromatic rings. The number of hydrogen-bond donors (Lipinski definition) is 1. The van der Waals surface area contributed by atoms with Crippen LogP contribution in [0.25, 0.3) is 0 Å². The monoisotopic (exact) mass is 287 g/mol. The van der Waals surface area contributed by atoms with Gasteiger partial charge in [0.25, 0.3) is 0 Å². The molecule has 1 aromatic carbocycles. The van der Waals surface area contributed by atoms with Crippen LogP contribution in [0, 0.1) is 11.7 Å². The molecule has 4 nitrogen and oxygen atoms in total. The fourth-order valence-electron chi connectivity index (χ4n) is 2.00. The van der Waals surface area contributed by atoms with Crippen LogP contribution < -0.4 is 9.46 Å². The van der Waals surface area contributed by atoms with Gasteiger partial charge in [0.1, 0.15) is 16.5 Å². The number of sulfonamides is 1. The van der Waals surface area contributed by atoms with Gasteiger partial charge in [0, 0.05) is 12.6 Å². The van der Waals surface area contributed by atoms with Gasteiger partial charge in [0.2, 0.25) is 10.0 Å². The molecule has 0 spiro atoms. The molecule has 0 radical (unpaired) electrons. The maximum absolute atomic E-state index is 13.9. The minimum Gasteiger partial charge on any atom is -0.493 e. The Morgan fingerprint density at radius 2 is 2.16 bits per heavy atom. The number of hydrogen-bond acceptors (Lipinski definition) is 3. The lowest BCUT2D eigenvalue weighted by atomic mass is 10.1. The summed E-state index contributed by atoms with van der Waals surface area (Å²) in [6.45, 7) is 4.95. The molecular formula is C13H18FNO3S. The third kappa shape index (κ3) is 3.25. The second kappa shape index (κ2) is 5.46. The number of nitrogens with one attached hydrogen (secondary N) is 1. The predicted molar refractivity (Wildman–Crippen MR) is 70.2 cm³/mol. The highest BCUT2D eigenvalue weighted by atomic mass is 32.2. The van der Waals surface area contributed by atoms with E-state index in [1.807, 2.05) is 0 Å². The smallest absolute Gasteiger partial charge is 0.243 e. The molecule has 0 unspecified atom stereocenters. The van der Waals surface area contributed by atoms with Gasteiger partial charge in [-0.2, -0.15) is 0 Å². The molecular weight excluding hydrogens is 269 g/mol. The number of fused-ring (bicyclic) bond motifs is 1. The number of halogens is 1. The lowest BCUT2D eigenvalue weighted by Crippen LogP contribution is -2.32. The van der Waals surface area contributed by atoms with Gasteiger partial charge in [0.05, 0.1) is 6.61 Å². The molecule has 0 amide bonds. The summed E-state index contributed by atoms with van der Waals surface area (Å²) in [4.78, 5) is -0.241. The summed E-state index contributed by atoms with van der Waals surface area (Å²) in [5.74, 6) is 0.158. The Morgan fingerprint density at radius 3 is 2.84 bits per heavy atom. The van der Waals surface area contributed by atoms with Gasteiger partial charge < -0.3 is 4.74 Å². The van der Waals surface area contributed by atoms with Crippen molar-refractivity contribution in [1.29, 1.82) is 0 Å². The first-order valence-corrected chi connectivity index (χ1v) is 7.83. The largest absolute Gasteiger partial charge is 0.493 e. The van der Waals surface area contributed by atoms with Crippen molar-refractivity contribution in [3.8, 4) is 5.75 Å². The Labute approximate surface area is 113 Å². The molecule has 2 rings (SSSR count). The van der Waals surface area contributed by atoms with Gasteiger partial charge in [-0.05, 0) is 30.4 Å². The molecule has 106 valence electrons. The van der Waals surface area contributed by atoms with Crippen molar-refractivity contribution >= 4 is 10.0 Å². The molecule has 0 fully saturated rings. The van der Waals surface area contributed by atoms with Crippen molar-refractivity contribution in [3.05, 3.63) is 23.5 Å². The second-order valence-corrected chi connectivity index (χ2v) is 6.78. The third-order valence-corrected chi connectivity index (χ3v) is 4.59. The second-order valence-electron chi connectivity index (χ2n) is 5.07. The van der Waals surface area contributed by atoms with Crippen LogP contribution in [0.15, 0.2) is 17.0 Å². The van der Waals surface area contributed by atoms with Crippen molar-refractivity contribution in [3.63, 3.8) is 0 Å². The van der Waals surface area contributed by atoms with Crippen LogP contribution in [-0.2, 0) is 16.4 Å². The van der Waals surface area contributed by atoms with Crippen molar-refractivity contribution in [2.24, 2.45) is 5.92 Å². The summed E-state index contributed by atoms with van der Waals surface area (Å²) in [7, 11) is -3.70. The molecule has 0 aliphatic carbocycles. The van der Waals surface area contributed by atoms with E-state index in [9.17, 15) is 12.8 Å². The van der Waals surface area contributed by atoms with Crippen molar-refractivity contribution < 1.29 is 17.5 Å².